The predicted molar refractivity (Wildman–Crippen MR) is 74.4 cm³/mol. The maximum atomic E-state index is 13.6. The molecule has 0 saturated heterocycles. The van der Waals surface area contributed by atoms with E-state index >= 15 is 0 Å². The molecule has 7 heteroatoms. The lowest BCUT2D eigenvalue weighted by Crippen LogP contribution is -2.19. The van der Waals surface area contributed by atoms with Crippen molar-refractivity contribution in [2.75, 3.05) is 11.9 Å². The van der Waals surface area contributed by atoms with E-state index in [0.717, 1.165) is 0 Å². The third-order valence-electron chi connectivity index (χ3n) is 2.74. The summed E-state index contributed by atoms with van der Waals surface area (Å²) in [6.45, 7) is 0.154. The van der Waals surface area contributed by atoms with Gasteiger partial charge in [-0.05, 0) is 12.1 Å². The minimum absolute atomic E-state index is 0.103. The maximum absolute atomic E-state index is 13.6. The first-order valence-electron chi connectivity index (χ1n) is 5.74. The lowest BCUT2D eigenvalue weighted by atomic mass is 10.2. The van der Waals surface area contributed by atoms with Gasteiger partial charge in [0.25, 0.3) is 0 Å². The Morgan fingerprint density at radius 1 is 1.35 bits per heavy atom. The smallest absolute Gasteiger partial charge is 0.311 e. The molecular weight excluding hydrogens is 285 g/mol. The quantitative estimate of drug-likeness (QED) is 0.492. The summed E-state index contributed by atoms with van der Waals surface area (Å²) in [6, 6.07) is 8.86. The van der Waals surface area contributed by atoms with Crippen LogP contribution in [0.1, 0.15) is 5.56 Å². The third-order valence-corrected chi connectivity index (χ3v) is 2.95. The molecule has 0 aliphatic heterocycles. The number of aromatic nitrogens is 1. The van der Waals surface area contributed by atoms with Crippen LogP contribution in [0, 0.1) is 15.9 Å². The SMILES string of the molecule is CN(Cc1ccccc1F)c1nc(Cl)ccc1[N+](=O)[O-]. The zero-order chi connectivity index (χ0) is 14.7. The number of hydrogen-bond acceptors (Lipinski definition) is 4. The van der Waals surface area contributed by atoms with Crippen molar-refractivity contribution in [2.24, 2.45) is 0 Å². The summed E-state index contributed by atoms with van der Waals surface area (Å²) < 4.78 is 13.6. The number of rotatable bonds is 4. The molecule has 0 spiro atoms. The highest BCUT2D eigenvalue weighted by atomic mass is 35.5. The van der Waals surface area contributed by atoms with E-state index in [-0.39, 0.29) is 29.0 Å². The first-order chi connectivity index (χ1) is 9.49. The van der Waals surface area contributed by atoms with Crippen molar-refractivity contribution in [1.29, 1.82) is 0 Å². The van der Waals surface area contributed by atoms with Crippen LogP contribution in [0.5, 0.6) is 0 Å². The zero-order valence-electron chi connectivity index (χ0n) is 10.6. The Morgan fingerprint density at radius 2 is 2.05 bits per heavy atom. The minimum atomic E-state index is -0.545. The van der Waals surface area contributed by atoms with E-state index in [1.54, 1.807) is 25.2 Å². The fourth-order valence-electron chi connectivity index (χ4n) is 1.80. The molecule has 0 bridgehead atoms. The molecule has 1 aromatic heterocycles. The molecule has 0 saturated carbocycles. The molecule has 5 nitrogen and oxygen atoms in total. The van der Waals surface area contributed by atoms with Gasteiger partial charge in [0.05, 0.1) is 4.92 Å². The highest BCUT2D eigenvalue weighted by Crippen LogP contribution is 2.28. The van der Waals surface area contributed by atoms with Crippen molar-refractivity contribution in [3.05, 3.63) is 63.0 Å². The van der Waals surface area contributed by atoms with Crippen molar-refractivity contribution in [2.45, 2.75) is 6.54 Å². The van der Waals surface area contributed by atoms with E-state index in [2.05, 4.69) is 4.98 Å². The summed E-state index contributed by atoms with van der Waals surface area (Å²) in [4.78, 5) is 15.9. The Hall–Kier alpha value is -2.21. The normalized spacial score (nSPS) is 10.3. The number of halogens is 2. The van der Waals surface area contributed by atoms with Gasteiger partial charge in [0, 0.05) is 25.2 Å². The van der Waals surface area contributed by atoms with Crippen molar-refractivity contribution >= 4 is 23.1 Å². The topological polar surface area (TPSA) is 59.3 Å². The van der Waals surface area contributed by atoms with Gasteiger partial charge in [0.15, 0.2) is 0 Å². The highest BCUT2D eigenvalue weighted by Gasteiger charge is 2.20. The van der Waals surface area contributed by atoms with Gasteiger partial charge in [-0.15, -0.1) is 0 Å². The molecule has 104 valence electrons. The standard InChI is InChI=1S/C13H11ClFN3O2/c1-17(8-9-4-2-3-5-10(9)15)13-11(18(19)20)6-7-12(14)16-13/h2-7H,8H2,1H3. The van der Waals surface area contributed by atoms with E-state index < -0.39 is 4.92 Å². The summed E-state index contributed by atoms with van der Waals surface area (Å²) in [5.74, 6) is -0.269. The molecule has 2 aromatic rings. The van der Waals surface area contributed by atoms with E-state index in [9.17, 15) is 14.5 Å². The molecule has 20 heavy (non-hydrogen) atoms. The van der Waals surface area contributed by atoms with Crippen molar-refractivity contribution < 1.29 is 9.31 Å². The second-order valence-electron chi connectivity index (χ2n) is 4.18. The molecular formula is C13H11ClFN3O2. The molecule has 0 unspecified atom stereocenters. The molecule has 0 radical (unpaired) electrons. The van der Waals surface area contributed by atoms with Gasteiger partial charge in [-0.1, -0.05) is 29.8 Å². The number of hydrogen-bond donors (Lipinski definition) is 0. The van der Waals surface area contributed by atoms with Gasteiger partial charge in [-0.25, -0.2) is 9.37 Å². The maximum Gasteiger partial charge on any atom is 0.311 e. The highest BCUT2D eigenvalue weighted by molar-refractivity contribution is 6.29. The first kappa shape index (κ1) is 14.2. The van der Waals surface area contributed by atoms with Gasteiger partial charge in [0.1, 0.15) is 11.0 Å². The molecule has 1 aromatic carbocycles. The lowest BCUT2D eigenvalue weighted by molar-refractivity contribution is -0.384. The molecule has 0 amide bonds. The van der Waals surface area contributed by atoms with Crippen LogP contribution in [0.25, 0.3) is 0 Å². The second-order valence-corrected chi connectivity index (χ2v) is 4.57. The number of nitrogens with zero attached hydrogens (tertiary/aromatic N) is 3. The van der Waals surface area contributed by atoms with E-state index in [0.29, 0.717) is 5.56 Å². The van der Waals surface area contributed by atoms with Crippen LogP contribution in [-0.2, 0) is 6.54 Å². The van der Waals surface area contributed by atoms with Crippen molar-refractivity contribution in [3.8, 4) is 0 Å². The van der Waals surface area contributed by atoms with Gasteiger partial charge in [0.2, 0.25) is 5.82 Å². The molecule has 0 aliphatic carbocycles. The van der Waals surface area contributed by atoms with Crippen LogP contribution in [0.2, 0.25) is 5.15 Å². The average Bonchev–Trinajstić information content (AvgIpc) is 2.40. The Morgan fingerprint density at radius 3 is 2.70 bits per heavy atom. The van der Waals surface area contributed by atoms with Crippen LogP contribution in [-0.4, -0.2) is 17.0 Å². The number of benzene rings is 1. The van der Waals surface area contributed by atoms with Gasteiger partial charge in [-0.3, -0.25) is 10.1 Å². The summed E-state index contributed by atoms with van der Waals surface area (Å²) in [5, 5.41) is 11.1. The number of anilines is 1. The van der Waals surface area contributed by atoms with Crippen LogP contribution >= 0.6 is 11.6 Å². The van der Waals surface area contributed by atoms with Crippen LogP contribution in [0.4, 0.5) is 15.9 Å². The van der Waals surface area contributed by atoms with Crippen molar-refractivity contribution in [3.63, 3.8) is 0 Å². The molecule has 0 N–H and O–H groups in total. The summed E-state index contributed by atoms with van der Waals surface area (Å²) in [7, 11) is 1.60. The molecule has 0 atom stereocenters. The van der Waals surface area contributed by atoms with Crippen molar-refractivity contribution in [1.82, 2.24) is 4.98 Å². The average molecular weight is 296 g/mol. The van der Waals surface area contributed by atoms with Gasteiger partial charge < -0.3 is 4.90 Å². The Kier molecular flexibility index (Phi) is 4.14. The molecule has 1 heterocycles. The summed E-state index contributed by atoms with van der Waals surface area (Å²) in [5.41, 5.74) is 0.249. The lowest BCUT2D eigenvalue weighted by Gasteiger charge is -2.18. The fraction of sp³-hybridized carbons (Fsp3) is 0.154. The van der Waals surface area contributed by atoms with Crippen LogP contribution in [0.15, 0.2) is 36.4 Å². The number of pyridine rings is 1. The van der Waals surface area contributed by atoms with Gasteiger partial charge >= 0.3 is 5.69 Å². The Balaban J connectivity index is 2.34. The Bertz CT molecular complexity index is 651. The summed E-state index contributed by atoms with van der Waals surface area (Å²) >= 11 is 5.77. The van der Waals surface area contributed by atoms with Crippen LogP contribution in [0.3, 0.4) is 0 Å². The second kappa shape index (κ2) is 5.83. The van der Waals surface area contributed by atoms with E-state index in [4.69, 9.17) is 11.6 Å². The largest absolute Gasteiger partial charge is 0.349 e. The molecule has 0 aliphatic rings. The summed E-state index contributed by atoms with van der Waals surface area (Å²) in [6.07, 6.45) is 0. The molecule has 2 rings (SSSR count). The zero-order valence-corrected chi connectivity index (χ0v) is 11.3. The molecule has 0 fully saturated rings. The number of nitro groups is 1. The fourth-order valence-corrected chi connectivity index (χ4v) is 1.94. The van der Waals surface area contributed by atoms with E-state index in [1.165, 1.54) is 23.1 Å². The van der Waals surface area contributed by atoms with Crippen LogP contribution < -0.4 is 4.90 Å². The minimum Gasteiger partial charge on any atom is -0.349 e. The van der Waals surface area contributed by atoms with E-state index in [1.807, 2.05) is 0 Å². The predicted octanol–water partition coefficient (Wildman–Crippen LogP) is 3.42. The monoisotopic (exact) mass is 295 g/mol. The van der Waals surface area contributed by atoms with Gasteiger partial charge in [-0.2, -0.15) is 0 Å². The third kappa shape index (κ3) is 3.03. The first-order valence-corrected chi connectivity index (χ1v) is 6.12. The Labute approximate surface area is 119 Å².